The van der Waals surface area contributed by atoms with Gasteiger partial charge in [-0.15, -0.1) is 0 Å². The van der Waals surface area contributed by atoms with E-state index in [9.17, 15) is 5.84 Å². The Labute approximate surface area is 335 Å². The van der Waals surface area contributed by atoms with Crippen molar-refractivity contribution in [1.29, 1.82) is 0 Å². The van der Waals surface area contributed by atoms with Gasteiger partial charge in [0.1, 0.15) is 0 Å². The lowest BCUT2D eigenvalue weighted by Gasteiger charge is -2.14. The summed E-state index contributed by atoms with van der Waals surface area (Å²) in [6.07, 6.45) is 43.4. The summed E-state index contributed by atoms with van der Waals surface area (Å²) in [5, 5.41) is 0. The zero-order valence-corrected chi connectivity index (χ0v) is 36.3. The first-order valence-corrected chi connectivity index (χ1v) is 23.6. The first kappa shape index (κ1) is 45.8. The number of nitrogens with one attached hydrogen (secondary N) is 1. The summed E-state index contributed by atoms with van der Waals surface area (Å²) in [7, 11) is 0. The van der Waals surface area contributed by atoms with Gasteiger partial charge in [0.25, 0.3) is 0 Å². The van der Waals surface area contributed by atoms with Crippen LogP contribution in [0.4, 0.5) is 0 Å². The summed E-state index contributed by atoms with van der Waals surface area (Å²) in [5.74, 6) is 9.79. The van der Waals surface area contributed by atoms with Crippen LogP contribution in [0.3, 0.4) is 0 Å². The third kappa shape index (κ3) is 17.5. The van der Waals surface area contributed by atoms with E-state index in [1.54, 1.807) is 0 Å². The maximum absolute atomic E-state index is 9.79. The van der Waals surface area contributed by atoms with Gasteiger partial charge in [0.2, 0.25) is 11.4 Å². The molecule has 54 heavy (non-hydrogen) atoms. The molecule has 0 saturated heterocycles. The van der Waals surface area contributed by atoms with Crippen LogP contribution in [0.5, 0.6) is 0 Å². The minimum absolute atomic E-state index is 1.04. The quantitative estimate of drug-likeness (QED) is 0.0528. The second-order valence-electron chi connectivity index (χ2n) is 16.8. The van der Waals surface area contributed by atoms with E-state index in [2.05, 4.69) is 83.2 Å². The molecule has 2 heteroatoms. The molecular formula is C52H84N2. The van der Waals surface area contributed by atoms with Crippen molar-refractivity contribution in [2.45, 2.75) is 227 Å². The molecule has 1 aliphatic heterocycles. The lowest BCUT2D eigenvalue weighted by Crippen LogP contribution is -2.13. The third-order valence-electron chi connectivity index (χ3n) is 11.6. The highest BCUT2D eigenvalue weighted by molar-refractivity contribution is 6.15. The van der Waals surface area contributed by atoms with E-state index >= 15 is 0 Å². The lowest BCUT2D eigenvalue weighted by molar-refractivity contribution is -0.347. The van der Waals surface area contributed by atoms with Gasteiger partial charge in [0, 0.05) is 22.8 Å². The first-order valence-electron chi connectivity index (χ1n) is 23.6. The molecule has 0 spiro atoms. The predicted molar refractivity (Wildman–Crippen MR) is 241 cm³/mol. The monoisotopic (exact) mass is 737 g/mol. The van der Waals surface area contributed by atoms with Crippen LogP contribution in [0.1, 0.15) is 235 Å². The smallest absolute Gasteiger partial charge is 0.215 e. The van der Waals surface area contributed by atoms with Crippen LogP contribution >= 0.6 is 0 Å². The SMILES string of the molecule is CCCC=C1C=C(c2cc(CCCCCCCC)cc(CCCCCCCC)c2)[N+]([NH-])=C1c1cc(CCCCCCCC)cc(CCCCCCCC)c1. The number of benzene rings is 2. The van der Waals surface area contributed by atoms with Crippen LogP contribution in [-0.2, 0) is 25.7 Å². The molecule has 0 radical (unpaired) electrons. The first-order chi connectivity index (χ1) is 26.5. The Morgan fingerprint density at radius 3 is 1.09 bits per heavy atom. The average Bonchev–Trinajstić information content (AvgIpc) is 3.51. The minimum Gasteiger partial charge on any atom is -0.448 e. The largest absolute Gasteiger partial charge is 0.448 e. The number of rotatable bonds is 32. The fourth-order valence-corrected chi connectivity index (χ4v) is 8.32. The Balaban J connectivity index is 1.95. The molecule has 0 aromatic heterocycles. The van der Waals surface area contributed by atoms with Crippen molar-refractivity contribution in [3.05, 3.63) is 93.3 Å². The van der Waals surface area contributed by atoms with Gasteiger partial charge < -0.3 is 5.84 Å². The molecule has 2 aromatic carbocycles. The van der Waals surface area contributed by atoms with Gasteiger partial charge in [-0.3, -0.25) is 0 Å². The van der Waals surface area contributed by atoms with E-state index in [-0.39, 0.29) is 0 Å². The second kappa shape index (κ2) is 28.7. The average molecular weight is 737 g/mol. The molecule has 0 fully saturated rings. The van der Waals surface area contributed by atoms with E-state index in [4.69, 9.17) is 0 Å². The zero-order chi connectivity index (χ0) is 38.6. The Hall–Kier alpha value is -2.61. The number of nitrogens with zero attached hydrogens (tertiary/aromatic N) is 1. The van der Waals surface area contributed by atoms with Gasteiger partial charge in [-0.1, -0.05) is 188 Å². The number of allylic oxidation sites excluding steroid dienone is 3. The molecule has 0 atom stereocenters. The summed E-state index contributed by atoms with van der Waals surface area (Å²) < 4.78 is 1.82. The molecule has 0 bridgehead atoms. The Morgan fingerprint density at radius 2 is 0.741 bits per heavy atom. The summed E-state index contributed by atoms with van der Waals surface area (Å²) in [5.41, 5.74) is 11.7. The normalized spacial score (nSPS) is 13.8. The van der Waals surface area contributed by atoms with E-state index in [0.29, 0.717) is 0 Å². The van der Waals surface area contributed by atoms with Crippen molar-refractivity contribution in [2.24, 2.45) is 0 Å². The van der Waals surface area contributed by atoms with Gasteiger partial charge in [0.15, 0.2) is 0 Å². The Bertz CT molecular complexity index is 1320. The van der Waals surface area contributed by atoms with Gasteiger partial charge in [-0.25, -0.2) is 4.68 Å². The molecule has 2 aromatic rings. The van der Waals surface area contributed by atoms with Crippen LogP contribution in [0.2, 0.25) is 0 Å². The van der Waals surface area contributed by atoms with Crippen LogP contribution in [0.15, 0.2) is 54.1 Å². The molecule has 2 nitrogen and oxygen atoms in total. The van der Waals surface area contributed by atoms with Crippen LogP contribution < -0.4 is 0 Å². The number of hydrogen-bond acceptors (Lipinski definition) is 0. The van der Waals surface area contributed by atoms with E-state index in [0.717, 1.165) is 49.9 Å². The highest BCUT2D eigenvalue weighted by Crippen LogP contribution is 2.32. The van der Waals surface area contributed by atoms with Crippen molar-refractivity contribution in [3.8, 4) is 0 Å². The second-order valence-corrected chi connectivity index (χ2v) is 16.8. The predicted octanol–water partition coefficient (Wildman–Crippen LogP) is 16.8. The molecule has 0 unspecified atom stereocenters. The molecule has 0 amide bonds. The van der Waals surface area contributed by atoms with Gasteiger partial charge in [-0.05, 0) is 104 Å². The molecule has 1 aliphatic rings. The van der Waals surface area contributed by atoms with Crippen LogP contribution in [-0.4, -0.2) is 10.4 Å². The van der Waals surface area contributed by atoms with Gasteiger partial charge in [0.05, 0.1) is 0 Å². The molecule has 0 saturated carbocycles. The fourth-order valence-electron chi connectivity index (χ4n) is 8.32. The summed E-state index contributed by atoms with van der Waals surface area (Å²) >= 11 is 0. The molecule has 1 N–H and O–H groups in total. The molecule has 302 valence electrons. The zero-order valence-electron chi connectivity index (χ0n) is 36.3. The maximum Gasteiger partial charge on any atom is 0.215 e. The van der Waals surface area contributed by atoms with Crippen molar-refractivity contribution in [2.75, 3.05) is 0 Å². The van der Waals surface area contributed by atoms with E-state index in [1.807, 2.05) is 4.68 Å². The fraction of sp³-hybridized carbons (Fsp3) is 0.673. The minimum atomic E-state index is 1.04. The Morgan fingerprint density at radius 1 is 0.407 bits per heavy atom. The highest BCUT2D eigenvalue weighted by atomic mass is 15.3. The Kier molecular flexibility index (Phi) is 24.4. The number of unbranched alkanes of at least 4 members (excludes halogenated alkanes) is 21. The van der Waals surface area contributed by atoms with E-state index < -0.39 is 0 Å². The molecule has 3 rings (SSSR count). The van der Waals surface area contributed by atoms with E-state index in [1.165, 1.54) is 193 Å². The molecule has 1 heterocycles. The van der Waals surface area contributed by atoms with Crippen molar-refractivity contribution >= 4 is 11.4 Å². The summed E-state index contributed by atoms with van der Waals surface area (Å²) in [6.45, 7) is 11.5. The highest BCUT2D eigenvalue weighted by Gasteiger charge is 2.29. The van der Waals surface area contributed by atoms with Crippen LogP contribution in [0.25, 0.3) is 11.5 Å². The number of aryl methyl sites for hydroxylation is 4. The van der Waals surface area contributed by atoms with Crippen molar-refractivity contribution in [3.63, 3.8) is 0 Å². The topological polar surface area (TPSA) is 26.8 Å². The lowest BCUT2D eigenvalue weighted by atomic mass is 9.93. The van der Waals surface area contributed by atoms with Crippen molar-refractivity contribution in [1.82, 2.24) is 0 Å². The third-order valence-corrected chi connectivity index (χ3v) is 11.6. The maximum atomic E-state index is 9.79. The summed E-state index contributed by atoms with van der Waals surface area (Å²) in [6, 6.07) is 14.8. The standard InChI is InChI=1S/C52H84N2/c1-6-11-16-20-24-28-32-44-37-45(33-29-25-21-17-12-7-2)40-49(39-44)51-43-48(36-15-10-5)52(54(51)53)50-41-46(34-30-26-22-18-13-8-3)38-47(42-50)35-31-27-23-19-14-9-4/h36-43,53H,6-35H2,1-5H3. The van der Waals surface area contributed by atoms with Crippen LogP contribution in [0, 0.1) is 0 Å². The van der Waals surface area contributed by atoms with Gasteiger partial charge >= 0.3 is 0 Å². The van der Waals surface area contributed by atoms with Gasteiger partial charge in [-0.2, -0.15) is 0 Å². The molecule has 0 aliphatic carbocycles. The number of hydrogen-bond donors (Lipinski definition) is 0. The summed E-state index contributed by atoms with van der Waals surface area (Å²) in [4.78, 5) is 0. The van der Waals surface area contributed by atoms with Crippen molar-refractivity contribution < 1.29 is 4.68 Å². The molecular weight excluding hydrogens is 653 g/mol.